The smallest absolute Gasteiger partial charge is 0.161 e. The minimum absolute atomic E-state index is 0.282. The van der Waals surface area contributed by atoms with Gasteiger partial charge in [0, 0.05) is 12.1 Å². The summed E-state index contributed by atoms with van der Waals surface area (Å²) in [4.78, 5) is 9.00. The van der Waals surface area contributed by atoms with Crippen LogP contribution < -0.4 is 5.32 Å². The Morgan fingerprint density at radius 1 is 1.25 bits per heavy atom. The first-order valence-electron chi connectivity index (χ1n) is 6.72. The summed E-state index contributed by atoms with van der Waals surface area (Å²) in [6, 6.07) is 6.35. The number of hydrogen-bond acceptors (Lipinski definition) is 3. The summed E-state index contributed by atoms with van der Waals surface area (Å²) in [6.07, 6.45) is 1.79. The Morgan fingerprint density at radius 3 is 2.70 bits per heavy atom. The number of nitrogens with one attached hydrogen (secondary N) is 1. The van der Waals surface area contributed by atoms with Gasteiger partial charge in [-0.25, -0.2) is 14.4 Å². The minimum atomic E-state index is -0.282. The van der Waals surface area contributed by atoms with Crippen molar-refractivity contribution in [3.05, 3.63) is 40.2 Å². The van der Waals surface area contributed by atoms with Crippen molar-refractivity contribution in [3.63, 3.8) is 0 Å². The van der Waals surface area contributed by atoms with Gasteiger partial charge in [0.2, 0.25) is 0 Å². The summed E-state index contributed by atoms with van der Waals surface area (Å²) in [6.45, 7) is 4.96. The van der Waals surface area contributed by atoms with Crippen LogP contribution in [0.15, 0.2) is 28.7 Å². The third-order valence-corrected chi connectivity index (χ3v) is 3.71. The largest absolute Gasteiger partial charge is 0.369 e. The van der Waals surface area contributed by atoms with Crippen molar-refractivity contribution < 1.29 is 4.39 Å². The van der Waals surface area contributed by atoms with Gasteiger partial charge in [-0.3, -0.25) is 0 Å². The van der Waals surface area contributed by atoms with Crippen molar-refractivity contribution >= 4 is 21.7 Å². The molecule has 2 rings (SSSR count). The molecule has 0 unspecified atom stereocenters. The van der Waals surface area contributed by atoms with E-state index in [1.807, 2.05) is 13.0 Å². The Balaban J connectivity index is 2.48. The van der Waals surface area contributed by atoms with Crippen LogP contribution in [-0.4, -0.2) is 16.5 Å². The van der Waals surface area contributed by atoms with Gasteiger partial charge in [-0.05, 0) is 40.9 Å². The molecule has 0 fully saturated rings. The molecular formula is C15H17BrFN3. The zero-order valence-corrected chi connectivity index (χ0v) is 13.2. The Bertz CT molecular complexity index is 602. The summed E-state index contributed by atoms with van der Waals surface area (Å²) < 4.78 is 14.2. The van der Waals surface area contributed by atoms with Crippen molar-refractivity contribution in [2.45, 2.75) is 26.7 Å². The van der Waals surface area contributed by atoms with Gasteiger partial charge in [-0.2, -0.15) is 0 Å². The van der Waals surface area contributed by atoms with Crippen LogP contribution >= 0.6 is 15.9 Å². The topological polar surface area (TPSA) is 37.8 Å². The van der Waals surface area contributed by atoms with Gasteiger partial charge in [-0.1, -0.05) is 26.0 Å². The summed E-state index contributed by atoms with van der Waals surface area (Å²) in [5.41, 5.74) is 1.60. The predicted molar refractivity (Wildman–Crippen MR) is 83.3 cm³/mol. The van der Waals surface area contributed by atoms with Crippen LogP contribution in [0.2, 0.25) is 0 Å². The molecule has 1 aromatic carbocycles. The number of aromatic nitrogens is 2. The second kappa shape index (κ2) is 6.79. The van der Waals surface area contributed by atoms with E-state index >= 15 is 0 Å². The van der Waals surface area contributed by atoms with Crippen molar-refractivity contribution in [3.8, 4) is 11.4 Å². The maximum absolute atomic E-state index is 13.3. The van der Waals surface area contributed by atoms with Crippen molar-refractivity contribution in [1.82, 2.24) is 9.97 Å². The molecule has 0 aliphatic rings. The van der Waals surface area contributed by atoms with E-state index in [0.717, 1.165) is 35.4 Å². The Morgan fingerprint density at radius 2 is 2.05 bits per heavy atom. The molecule has 0 amide bonds. The minimum Gasteiger partial charge on any atom is -0.369 e. The molecule has 1 N–H and O–H groups in total. The molecule has 1 heterocycles. The third-order valence-electron chi connectivity index (χ3n) is 2.88. The molecule has 0 spiro atoms. The van der Waals surface area contributed by atoms with Gasteiger partial charge >= 0.3 is 0 Å². The van der Waals surface area contributed by atoms with Crippen molar-refractivity contribution in [1.29, 1.82) is 0 Å². The first-order chi connectivity index (χ1) is 9.65. The average molecular weight is 338 g/mol. The molecule has 0 radical (unpaired) electrons. The quantitative estimate of drug-likeness (QED) is 0.876. The molecule has 0 bridgehead atoms. The van der Waals surface area contributed by atoms with Crippen LogP contribution in [0.3, 0.4) is 0 Å². The lowest BCUT2D eigenvalue weighted by Gasteiger charge is -2.12. The zero-order chi connectivity index (χ0) is 14.5. The number of halogens is 2. The number of anilines is 1. The Kier molecular flexibility index (Phi) is 5.06. The van der Waals surface area contributed by atoms with E-state index in [4.69, 9.17) is 0 Å². The molecule has 1 aromatic heterocycles. The fraction of sp³-hybridized carbons (Fsp3) is 0.333. The van der Waals surface area contributed by atoms with Gasteiger partial charge in [0.15, 0.2) is 5.82 Å². The summed E-state index contributed by atoms with van der Waals surface area (Å²) >= 11 is 3.53. The van der Waals surface area contributed by atoms with Crippen LogP contribution in [0.1, 0.15) is 26.0 Å². The van der Waals surface area contributed by atoms with E-state index in [2.05, 4.69) is 38.1 Å². The van der Waals surface area contributed by atoms with Crippen molar-refractivity contribution in [2.24, 2.45) is 0 Å². The standard InChI is InChI=1S/C15H17BrFN3/c1-3-8-18-15-13(16)12(4-2)19-14(20-15)10-6-5-7-11(17)9-10/h5-7,9H,3-4,8H2,1-2H3,(H,18,19,20). The zero-order valence-electron chi connectivity index (χ0n) is 11.6. The van der Waals surface area contributed by atoms with E-state index in [9.17, 15) is 4.39 Å². The molecule has 106 valence electrons. The number of nitrogens with zero attached hydrogens (tertiary/aromatic N) is 2. The summed E-state index contributed by atoms with van der Waals surface area (Å²) in [7, 11) is 0. The van der Waals surface area contributed by atoms with Gasteiger partial charge < -0.3 is 5.32 Å². The lowest BCUT2D eigenvalue weighted by Crippen LogP contribution is -2.07. The molecule has 2 aromatic rings. The SMILES string of the molecule is CCCNc1nc(-c2cccc(F)c2)nc(CC)c1Br. The number of rotatable bonds is 5. The second-order valence-corrected chi connectivity index (χ2v) is 5.24. The molecule has 0 saturated heterocycles. The highest BCUT2D eigenvalue weighted by molar-refractivity contribution is 9.10. The average Bonchev–Trinajstić information content (AvgIpc) is 2.46. The molecular weight excluding hydrogens is 321 g/mol. The first-order valence-corrected chi connectivity index (χ1v) is 7.51. The molecule has 0 aliphatic heterocycles. The highest BCUT2D eigenvalue weighted by atomic mass is 79.9. The van der Waals surface area contributed by atoms with E-state index in [1.165, 1.54) is 12.1 Å². The Labute approximate surface area is 126 Å². The highest BCUT2D eigenvalue weighted by Crippen LogP contribution is 2.27. The maximum Gasteiger partial charge on any atom is 0.161 e. The van der Waals surface area contributed by atoms with Crippen molar-refractivity contribution in [2.75, 3.05) is 11.9 Å². The van der Waals surface area contributed by atoms with E-state index in [-0.39, 0.29) is 5.82 Å². The Hall–Kier alpha value is -1.49. The van der Waals surface area contributed by atoms with Crippen LogP contribution in [0.25, 0.3) is 11.4 Å². The number of hydrogen-bond donors (Lipinski definition) is 1. The normalized spacial score (nSPS) is 10.6. The third kappa shape index (κ3) is 3.33. The maximum atomic E-state index is 13.3. The molecule has 0 saturated carbocycles. The fourth-order valence-electron chi connectivity index (χ4n) is 1.85. The molecule has 5 heteroatoms. The first kappa shape index (κ1) is 14.9. The monoisotopic (exact) mass is 337 g/mol. The van der Waals surface area contributed by atoms with Gasteiger partial charge in [0.25, 0.3) is 0 Å². The number of benzene rings is 1. The number of aryl methyl sites for hydroxylation is 1. The van der Waals surface area contributed by atoms with Crippen LogP contribution in [-0.2, 0) is 6.42 Å². The summed E-state index contributed by atoms with van der Waals surface area (Å²) in [5.74, 6) is 1.02. The van der Waals surface area contributed by atoms with Crippen LogP contribution in [0, 0.1) is 5.82 Å². The van der Waals surface area contributed by atoms with E-state index < -0.39 is 0 Å². The molecule has 0 atom stereocenters. The van der Waals surface area contributed by atoms with Gasteiger partial charge in [0.05, 0.1) is 10.2 Å². The van der Waals surface area contributed by atoms with Gasteiger partial charge in [-0.15, -0.1) is 0 Å². The van der Waals surface area contributed by atoms with Crippen LogP contribution in [0.5, 0.6) is 0 Å². The lowest BCUT2D eigenvalue weighted by atomic mass is 10.2. The van der Waals surface area contributed by atoms with E-state index in [0.29, 0.717) is 11.4 Å². The predicted octanol–water partition coefficient (Wildman–Crippen LogP) is 4.43. The molecule has 20 heavy (non-hydrogen) atoms. The second-order valence-electron chi connectivity index (χ2n) is 4.45. The summed E-state index contributed by atoms with van der Waals surface area (Å²) in [5, 5.41) is 3.27. The lowest BCUT2D eigenvalue weighted by molar-refractivity contribution is 0.628. The van der Waals surface area contributed by atoms with E-state index in [1.54, 1.807) is 6.07 Å². The molecule has 0 aliphatic carbocycles. The molecule has 3 nitrogen and oxygen atoms in total. The van der Waals surface area contributed by atoms with Crippen LogP contribution in [0.4, 0.5) is 10.2 Å². The fourth-order valence-corrected chi connectivity index (χ4v) is 2.44. The van der Waals surface area contributed by atoms with Gasteiger partial charge in [0.1, 0.15) is 11.6 Å². The highest BCUT2D eigenvalue weighted by Gasteiger charge is 2.12.